The highest BCUT2D eigenvalue weighted by atomic mass is 19.1. The van der Waals surface area contributed by atoms with E-state index in [4.69, 9.17) is 0 Å². The van der Waals surface area contributed by atoms with Crippen molar-refractivity contribution in [1.82, 2.24) is 24.6 Å². The summed E-state index contributed by atoms with van der Waals surface area (Å²) in [5, 5.41) is 7.05. The Morgan fingerprint density at radius 1 is 1.10 bits per heavy atom. The number of halogens is 1. The Morgan fingerprint density at radius 2 is 1.73 bits per heavy atom. The van der Waals surface area contributed by atoms with Crippen LogP contribution in [0, 0.1) is 19.7 Å². The summed E-state index contributed by atoms with van der Waals surface area (Å²) >= 11 is 0. The second-order valence-corrected chi connectivity index (χ2v) is 7.18. The highest BCUT2D eigenvalue weighted by molar-refractivity contribution is 5.99. The monoisotopic (exact) mass is 411 g/mol. The molecular formula is C22H26FN5O2. The highest BCUT2D eigenvalue weighted by Gasteiger charge is 2.24. The summed E-state index contributed by atoms with van der Waals surface area (Å²) in [6.07, 6.45) is 1.54. The first-order valence-corrected chi connectivity index (χ1v) is 9.79. The number of nitrogens with zero attached hydrogens (tertiary/aromatic N) is 4. The molecule has 30 heavy (non-hydrogen) atoms. The van der Waals surface area contributed by atoms with Gasteiger partial charge in [-0.05, 0) is 50.6 Å². The topological polar surface area (TPSA) is 72.2 Å². The van der Waals surface area contributed by atoms with Gasteiger partial charge in [0, 0.05) is 31.5 Å². The Morgan fingerprint density at radius 3 is 2.33 bits per heavy atom. The molecule has 2 amide bonds. The number of amides is 2. The molecule has 158 valence electrons. The lowest BCUT2D eigenvalue weighted by Crippen LogP contribution is -2.40. The number of carbonyl (C=O) groups excluding carboxylic acids is 2. The molecule has 0 aliphatic carbocycles. The average Bonchev–Trinajstić information content (AvgIpc) is 3.26. The van der Waals surface area contributed by atoms with Gasteiger partial charge in [0.1, 0.15) is 17.2 Å². The molecule has 0 saturated carbocycles. The van der Waals surface area contributed by atoms with Gasteiger partial charge in [0.25, 0.3) is 5.91 Å². The molecule has 0 aliphatic rings. The van der Waals surface area contributed by atoms with Gasteiger partial charge in [0.15, 0.2) is 0 Å². The number of aryl methyl sites for hydroxylation is 3. The molecule has 2 heterocycles. The predicted octanol–water partition coefficient (Wildman–Crippen LogP) is 2.75. The third-order valence-corrected chi connectivity index (χ3v) is 5.03. The summed E-state index contributed by atoms with van der Waals surface area (Å²) in [4.78, 5) is 27.1. The Hall–Kier alpha value is -3.42. The predicted molar refractivity (Wildman–Crippen MR) is 112 cm³/mol. The summed E-state index contributed by atoms with van der Waals surface area (Å²) in [6, 6.07) is 9.88. The quantitative estimate of drug-likeness (QED) is 0.650. The Labute approximate surface area is 175 Å². The number of hydrogen-bond donors (Lipinski definition) is 1. The summed E-state index contributed by atoms with van der Waals surface area (Å²) < 4.78 is 16.6. The lowest BCUT2D eigenvalue weighted by molar-refractivity contribution is -0.121. The number of carbonyl (C=O) groups is 2. The molecule has 0 aliphatic heterocycles. The molecule has 8 heteroatoms. The van der Waals surface area contributed by atoms with Crippen LogP contribution in [0.15, 0.2) is 42.6 Å². The molecule has 3 aromatic rings. The van der Waals surface area contributed by atoms with Crippen LogP contribution >= 0.6 is 0 Å². The Kier molecular flexibility index (Phi) is 6.34. The Balaban J connectivity index is 1.74. The van der Waals surface area contributed by atoms with Gasteiger partial charge in [0.2, 0.25) is 5.91 Å². The van der Waals surface area contributed by atoms with Gasteiger partial charge in [-0.3, -0.25) is 14.3 Å². The van der Waals surface area contributed by atoms with E-state index in [9.17, 15) is 14.0 Å². The molecule has 7 nitrogen and oxygen atoms in total. The molecule has 0 saturated heterocycles. The summed E-state index contributed by atoms with van der Waals surface area (Å²) in [5.74, 6) is -0.197. The molecule has 0 unspecified atom stereocenters. The van der Waals surface area contributed by atoms with E-state index in [1.54, 1.807) is 23.9 Å². The van der Waals surface area contributed by atoms with Crippen LogP contribution in [0.3, 0.4) is 0 Å². The number of benzene rings is 1. The van der Waals surface area contributed by atoms with E-state index >= 15 is 0 Å². The first-order chi connectivity index (χ1) is 14.3. The molecule has 1 N–H and O–H groups in total. The van der Waals surface area contributed by atoms with E-state index in [0.29, 0.717) is 17.9 Å². The van der Waals surface area contributed by atoms with E-state index < -0.39 is 0 Å². The van der Waals surface area contributed by atoms with Crippen molar-refractivity contribution in [1.29, 1.82) is 0 Å². The second-order valence-electron chi connectivity index (χ2n) is 7.18. The maximum Gasteiger partial charge on any atom is 0.259 e. The first-order valence-electron chi connectivity index (χ1n) is 9.79. The van der Waals surface area contributed by atoms with Crippen LogP contribution in [0.2, 0.25) is 0 Å². The maximum atomic E-state index is 13.2. The number of hydrogen-bond acceptors (Lipinski definition) is 3. The fourth-order valence-corrected chi connectivity index (χ4v) is 3.38. The maximum absolute atomic E-state index is 13.2. The molecule has 1 aromatic carbocycles. The van der Waals surface area contributed by atoms with Crippen LogP contribution in [-0.4, -0.2) is 44.2 Å². The lowest BCUT2D eigenvalue weighted by atomic mass is 10.2. The number of nitrogens with one attached hydrogen (secondary N) is 1. The van der Waals surface area contributed by atoms with E-state index in [2.05, 4.69) is 10.4 Å². The van der Waals surface area contributed by atoms with Crippen molar-refractivity contribution in [2.45, 2.75) is 27.3 Å². The zero-order chi connectivity index (χ0) is 21.8. The number of aromatic nitrogens is 3. The summed E-state index contributed by atoms with van der Waals surface area (Å²) in [5.41, 5.74) is 3.20. The SMILES string of the molecule is CCN(CC(=O)NCc1ccc(F)cc1)C(=O)c1cnn(C)c1-n1c(C)ccc1C. The van der Waals surface area contributed by atoms with Gasteiger partial charge in [-0.25, -0.2) is 4.39 Å². The lowest BCUT2D eigenvalue weighted by Gasteiger charge is -2.21. The minimum Gasteiger partial charge on any atom is -0.350 e. The molecular weight excluding hydrogens is 385 g/mol. The average molecular weight is 411 g/mol. The van der Waals surface area contributed by atoms with Gasteiger partial charge >= 0.3 is 0 Å². The number of rotatable bonds is 7. The zero-order valence-corrected chi connectivity index (χ0v) is 17.6. The van der Waals surface area contributed by atoms with Crippen molar-refractivity contribution in [2.24, 2.45) is 7.05 Å². The standard InChI is InChI=1S/C22H26FN5O2/c1-5-27(14-20(29)24-12-17-8-10-18(23)11-9-17)22(30)19-13-25-26(4)21(19)28-15(2)6-7-16(28)3/h6-11,13H,5,12,14H2,1-4H3,(H,24,29). The molecule has 3 rings (SSSR count). The fourth-order valence-electron chi connectivity index (χ4n) is 3.38. The summed E-state index contributed by atoms with van der Waals surface area (Å²) in [7, 11) is 1.79. The van der Waals surface area contributed by atoms with Crippen molar-refractivity contribution in [3.8, 4) is 5.82 Å². The van der Waals surface area contributed by atoms with E-state index in [1.165, 1.54) is 23.2 Å². The molecule has 0 spiro atoms. The van der Waals surface area contributed by atoms with Gasteiger partial charge < -0.3 is 14.8 Å². The van der Waals surface area contributed by atoms with Crippen molar-refractivity contribution in [3.63, 3.8) is 0 Å². The van der Waals surface area contributed by atoms with Gasteiger partial charge in [-0.2, -0.15) is 5.10 Å². The molecule has 0 radical (unpaired) electrons. The van der Waals surface area contributed by atoms with Gasteiger partial charge in [-0.15, -0.1) is 0 Å². The van der Waals surface area contributed by atoms with Gasteiger partial charge in [0.05, 0.1) is 12.7 Å². The molecule has 2 aromatic heterocycles. The van der Waals surface area contributed by atoms with E-state index in [-0.39, 0.29) is 30.7 Å². The van der Waals surface area contributed by atoms with Crippen LogP contribution in [-0.2, 0) is 18.4 Å². The second kappa shape index (κ2) is 8.94. The largest absolute Gasteiger partial charge is 0.350 e. The molecule has 0 atom stereocenters. The van der Waals surface area contributed by atoms with Crippen LogP contribution in [0.1, 0.15) is 34.2 Å². The number of likely N-dealkylation sites (N-methyl/N-ethyl adjacent to an activating group) is 1. The molecule has 0 fully saturated rings. The fraction of sp³-hybridized carbons (Fsp3) is 0.318. The zero-order valence-electron chi connectivity index (χ0n) is 17.6. The van der Waals surface area contributed by atoms with Gasteiger partial charge in [-0.1, -0.05) is 12.1 Å². The van der Waals surface area contributed by atoms with Crippen LogP contribution in [0.25, 0.3) is 5.82 Å². The smallest absolute Gasteiger partial charge is 0.259 e. The van der Waals surface area contributed by atoms with Crippen LogP contribution in [0.5, 0.6) is 0 Å². The minimum absolute atomic E-state index is 0.0749. The highest BCUT2D eigenvalue weighted by Crippen LogP contribution is 2.21. The van der Waals surface area contributed by atoms with E-state index in [0.717, 1.165) is 17.0 Å². The normalized spacial score (nSPS) is 10.8. The Bertz CT molecular complexity index is 1030. The van der Waals surface area contributed by atoms with Crippen molar-refractivity contribution >= 4 is 11.8 Å². The molecule has 0 bridgehead atoms. The van der Waals surface area contributed by atoms with Crippen molar-refractivity contribution in [3.05, 3.63) is 70.9 Å². The van der Waals surface area contributed by atoms with Crippen molar-refractivity contribution < 1.29 is 14.0 Å². The van der Waals surface area contributed by atoms with Crippen LogP contribution in [0.4, 0.5) is 4.39 Å². The van der Waals surface area contributed by atoms with E-state index in [1.807, 2.05) is 37.5 Å². The minimum atomic E-state index is -0.326. The van der Waals surface area contributed by atoms with Crippen molar-refractivity contribution in [2.75, 3.05) is 13.1 Å². The first kappa shape index (κ1) is 21.3. The third kappa shape index (κ3) is 4.42. The summed E-state index contributed by atoms with van der Waals surface area (Å²) in [6.45, 7) is 6.33. The van der Waals surface area contributed by atoms with Crippen LogP contribution < -0.4 is 5.32 Å². The third-order valence-electron chi connectivity index (χ3n) is 5.03.